The van der Waals surface area contributed by atoms with E-state index >= 15 is 0 Å². The van der Waals surface area contributed by atoms with Crippen molar-refractivity contribution >= 4 is 12.2 Å². The van der Waals surface area contributed by atoms with Crippen LogP contribution in [0, 0.1) is 11.3 Å². The van der Waals surface area contributed by atoms with Crippen molar-refractivity contribution in [2.45, 2.75) is 0 Å². The summed E-state index contributed by atoms with van der Waals surface area (Å²) in [5.74, 6) is 0. The second kappa shape index (κ2) is 4.15. The highest BCUT2D eigenvalue weighted by atomic mass is 14.2. The number of nitrogens with zero attached hydrogens (tertiary/aromatic N) is 1. The minimum Gasteiger partial charge on any atom is -0.193 e. The van der Waals surface area contributed by atoms with Crippen molar-refractivity contribution in [3.63, 3.8) is 0 Å². The topological polar surface area (TPSA) is 23.8 Å². The van der Waals surface area contributed by atoms with E-state index in [1.54, 1.807) is 12.2 Å². The first-order valence-corrected chi connectivity index (χ1v) is 3.65. The van der Waals surface area contributed by atoms with Crippen LogP contribution >= 0.6 is 0 Å². The van der Waals surface area contributed by atoms with Crippen LogP contribution in [0.5, 0.6) is 0 Å². The molecule has 0 atom stereocenters. The summed E-state index contributed by atoms with van der Waals surface area (Å²) in [6.07, 6.45) is 5.01. The molecule has 0 amide bonds. The third kappa shape index (κ3) is 2.10. The van der Waals surface area contributed by atoms with E-state index in [1.165, 1.54) is 6.08 Å². The van der Waals surface area contributed by atoms with Gasteiger partial charge in [0.05, 0.1) is 6.07 Å². The molecule has 0 saturated carbocycles. The molecule has 58 valence electrons. The number of hydrogen-bond acceptors (Lipinski definition) is 1. The summed E-state index contributed by atoms with van der Waals surface area (Å²) in [4.78, 5) is 0. The normalized spacial score (nSPS) is 9.58. The van der Waals surface area contributed by atoms with Gasteiger partial charge in [-0.05, 0) is 23.3 Å². The van der Waals surface area contributed by atoms with Gasteiger partial charge in [0.2, 0.25) is 0 Å². The van der Waals surface area contributed by atoms with Crippen LogP contribution in [-0.2, 0) is 0 Å². The van der Waals surface area contributed by atoms with E-state index in [0.29, 0.717) is 0 Å². The van der Waals surface area contributed by atoms with Gasteiger partial charge in [0.15, 0.2) is 0 Å². The molecule has 0 radical (unpaired) electrons. The Morgan fingerprint density at radius 2 is 2.08 bits per heavy atom. The van der Waals surface area contributed by atoms with Crippen molar-refractivity contribution in [2.24, 2.45) is 0 Å². The number of rotatable bonds is 2. The Kier molecular flexibility index (Phi) is 2.87. The smallest absolute Gasteiger partial charge is 0.0912 e. The second-order valence-corrected chi connectivity index (χ2v) is 2.34. The average Bonchev–Trinajstić information content (AvgIpc) is 2.15. The summed E-state index contributed by atoms with van der Waals surface area (Å²) >= 11 is 0. The van der Waals surface area contributed by atoms with Crippen LogP contribution < -0.4 is 0 Å². The first-order chi connectivity index (χ1) is 5.86. The van der Waals surface area contributed by atoms with Gasteiger partial charge in [-0.3, -0.25) is 0 Å². The van der Waals surface area contributed by atoms with Gasteiger partial charge in [-0.1, -0.05) is 30.9 Å². The summed E-state index contributed by atoms with van der Waals surface area (Å²) in [7, 11) is 0. The lowest BCUT2D eigenvalue weighted by Gasteiger charge is -1.94. The Labute approximate surface area is 72.3 Å². The van der Waals surface area contributed by atoms with E-state index in [1.807, 2.05) is 30.3 Å². The molecule has 0 heterocycles. The molecule has 0 aromatic heterocycles. The number of allylic oxidation sites excluding steroid dienone is 1. The minimum absolute atomic E-state index is 1.02. The zero-order valence-electron chi connectivity index (χ0n) is 6.70. The Hall–Kier alpha value is -1.81. The van der Waals surface area contributed by atoms with Crippen molar-refractivity contribution in [1.82, 2.24) is 0 Å². The molecule has 0 spiro atoms. The van der Waals surface area contributed by atoms with Crippen LogP contribution in [0.15, 0.2) is 36.9 Å². The van der Waals surface area contributed by atoms with E-state index in [2.05, 4.69) is 6.58 Å². The van der Waals surface area contributed by atoms with Gasteiger partial charge in [0.25, 0.3) is 0 Å². The van der Waals surface area contributed by atoms with Gasteiger partial charge >= 0.3 is 0 Å². The van der Waals surface area contributed by atoms with Crippen LogP contribution in [0.3, 0.4) is 0 Å². The van der Waals surface area contributed by atoms with Crippen LogP contribution in [0.25, 0.3) is 12.2 Å². The highest BCUT2D eigenvalue weighted by molar-refractivity contribution is 5.57. The van der Waals surface area contributed by atoms with Gasteiger partial charge in [0.1, 0.15) is 0 Å². The molecule has 0 aliphatic carbocycles. The van der Waals surface area contributed by atoms with Gasteiger partial charge in [-0.15, -0.1) is 0 Å². The van der Waals surface area contributed by atoms with E-state index < -0.39 is 0 Å². The molecule has 0 N–H and O–H groups in total. The summed E-state index contributed by atoms with van der Waals surface area (Å²) in [5, 5.41) is 8.30. The van der Waals surface area contributed by atoms with Gasteiger partial charge in [0, 0.05) is 6.08 Å². The van der Waals surface area contributed by atoms with E-state index in [9.17, 15) is 0 Å². The highest BCUT2D eigenvalue weighted by Crippen LogP contribution is 2.07. The molecule has 1 rings (SSSR count). The SMILES string of the molecule is C=Cc1cccc(C=CC#N)c1. The summed E-state index contributed by atoms with van der Waals surface area (Å²) in [6.45, 7) is 3.66. The zero-order chi connectivity index (χ0) is 8.81. The third-order valence-electron chi connectivity index (χ3n) is 1.50. The van der Waals surface area contributed by atoms with E-state index in [4.69, 9.17) is 5.26 Å². The fourth-order valence-corrected chi connectivity index (χ4v) is 0.923. The molecule has 0 saturated heterocycles. The van der Waals surface area contributed by atoms with Crippen molar-refractivity contribution in [2.75, 3.05) is 0 Å². The molecule has 1 aromatic rings. The highest BCUT2D eigenvalue weighted by Gasteiger charge is 1.86. The van der Waals surface area contributed by atoms with Crippen molar-refractivity contribution in [3.05, 3.63) is 48.0 Å². The minimum atomic E-state index is 1.02. The molecule has 1 nitrogen and oxygen atoms in total. The molecule has 0 aliphatic rings. The predicted octanol–water partition coefficient (Wildman–Crippen LogP) is 2.87. The summed E-state index contributed by atoms with van der Waals surface area (Å²) in [5.41, 5.74) is 2.09. The molecule has 1 heteroatoms. The summed E-state index contributed by atoms with van der Waals surface area (Å²) < 4.78 is 0. The molecular weight excluding hydrogens is 146 g/mol. The number of nitriles is 1. The Morgan fingerprint density at radius 3 is 2.75 bits per heavy atom. The lowest BCUT2D eigenvalue weighted by molar-refractivity contribution is 1.53. The first kappa shape index (κ1) is 8.29. The molecule has 0 fully saturated rings. The van der Waals surface area contributed by atoms with Gasteiger partial charge < -0.3 is 0 Å². The monoisotopic (exact) mass is 155 g/mol. The van der Waals surface area contributed by atoms with Gasteiger partial charge in [-0.25, -0.2) is 0 Å². The predicted molar refractivity (Wildman–Crippen MR) is 51.2 cm³/mol. The van der Waals surface area contributed by atoms with Crippen LogP contribution in [0.2, 0.25) is 0 Å². The van der Waals surface area contributed by atoms with Gasteiger partial charge in [-0.2, -0.15) is 5.26 Å². The number of hydrogen-bond donors (Lipinski definition) is 0. The molecular formula is C11H9N. The maximum Gasteiger partial charge on any atom is 0.0912 e. The Balaban J connectivity index is 2.95. The third-order valence-corrected chi connectivity index (χ3v) is 1.50. The lowest BCUT2D eigenvalue weighted by Crippen LogP contribution is -1.73. The van der Waals surface area contributed by atoms with Crippen LogP contribution in [-0.4, -0.2) is 0 Å². The van der Waals surface area contributed by atoms with Crippen LogP contribution in [0.1, 0.15) is 11.1 Å². The van der Waals surface area contributed by atoms with Crippen molar-refractivity contribution < 1.29 is 0 Å². The van der Waals surface area contributed by atoms with E-state index in [-0.39, 0.29) is 0 Å². The summed E-state index contributed by atoms with van der Waals surface area (Å²) in [6, 6.07) is 9.77. The maximum absolute atomic E-state index is 8.30. The molecule has 0 unspecified atom stereocenters. The van der Waals surface area contributed by atoms with Crippen LogP contribution in [0.4, 0.5) is 0 Å². The molecule has 0 bridgehead atoms. The molecule has 1 aromatic carbocycles. The first-order valence-electron chi connectivity index (χ1n) is 3.65. The Bertz CT molecular complexity index is 342. The lowest BCUT2D eigenvalue weighted by atomic mass is 10.1. The fourth-order valence-electron chi connectivity index (χ4n) is 0.923. The maximum atomic E-state index is 8.30. The van der Waals surface area contributed by atoms with Crippen molar-refractivity contribution in [1.29, 1.82) is 5.26 Å². The van der Waals surface area contributed by atoms with E-state index in [0.717, 1.165) is 11.1 Å². The average molecular weight is 155 g/mol. The molecule has 0 aliphatic heterocycles. The standard InChI is InChI=1S/C11H9N/c1-2-10-5-3-6-11(9-10)7-4-8-12/h2-7,9H,1H2. The number of benzene rings is 1. The fraction of sp³-hybridized carbons (Fsp3) is 0. The quantitative estimate of drug-likeness (QED) is 0.602. The Morgan fingerprint density at radius 1 is 1.33 bits per heavy atom. The largest absolute Gasteiger partial charge is 0.193 e. The molecule has 12 heavy (non-hydrogen) atoms. The second-order valence-electron chi connectivity index (χ2n) is 2.34. The zero-order valence-corrected chi connectivity index (χ0v) is 6.70. The van der Waals surface area contributed by atoms with Crippen molar-refractivity contribution in [3.8, 4) is 6.07 Å².